The molecule has 0 fully saturated rings. The van der Waals surface area contributed by atoms with E-state index in [1.54, 1.807) is 0 Å². The average Bonchev–Trinajstić information content (AvgIpc) is 1.31. The Bertz CT molecular complexity index is 55.7. The third kappa shape index (κ3) is 4.48. The molecule has 44 valence electrons. The first-order chi connectivity index (χ1) is 2.94. The van der Waals surface area contributed by atoms with Gasteiger partial charge < -0.3 is 0 Å². The molecule has 0 unspecified atom stereocenters. The van der Waals surface area contributed by atoms with E-state index in [-0.39, 0.29) is 0 Å². The fourth-order valence-corrected chi connectivity index (χ4v) is 0. The van der Waals surface area contributed by atoms with Gasteiger partial charge in [-0.05, 0) is 0 Å². The second-order valence-electron chi connectivity index (χ2n) is 1.70. The quantitative estimate of drug-likeness (QED) is 0.632. The summed E-state index contributed by atoms with van der Waals surface area (Å²) < 4.78 is 0.736. The SMILES string of the molecule is C[CH](C)[Ge]([Br])([Br])[Br]. The Labute approximate surface area is 67.6 Å². The first-order valence-electron chi connectivity index (χ1n) is 2.01. The fraction of sp³-hybridized carbons (Fsp3) is 1.00. The number of halogens is 3. The Morgan fingerprint density at radius 3 is 1.29 bits per heavy atom. The van der Waals surface area contributed by atoms with Crippen LogP contribution in [0.2, 0.25) is 4.75 Å². The van der Waals surface area contributed by atoms with Crippen LogP contribution >= 0.6 is 42.0 Å². The number of hydrogen-bond donors (Lipinski definition) is 0. The van der Waals surface area contributed by atoms with Gasteiger partial charge in [0.1, 0.15) is 0 Å². The third-order valence-corrected chi connectivity index (χ3v) is 17.7. The topological polar surface area (TPSA) is 0 Å². The molecule has 0 heterocycles. The molecule has 0 saturated heterocycles. The van der Waals surface area contributed by atoms with Crippen LogP contribution in [0.1, 0.15) is 13.8 Å². The summed E-state index contributed by atoms with van der Waals surface area (Å²) in [7, 11) is -1.73. The van der Waals surface area contributed by atoms with Gasteiger partial charge in [0.2, 0.25) is 0 Å². The molecule has 7 heavy (non-hydrogen) atoms. The molecule has 0 saturated carbocycles. The van der Waals surface area contributed by atoms with Gasteiger partial charge in [0.25, 0.3) is 0 Å². The van der Waals surface area contributed by atoms with Crippen molar-refractivity contribution in [2.45, 2.75) is 18.6 Å². The molecule has 0 amide bonds. The Hall–Kier alpha value is 1.98. The van der Waals surface area contributed by atoms with Crippen molar-refractivity contribution >= 4 is 49.8 Å². The minimum atomic E-state index is -1.73. The van der Waals surface area contributed by atoms with E-state index in [9.17, 15) is 0 Å². The van der Waals surface area contributed by atoms with E-state index in [0.717, 1.165) is 4.75 Å². The van der Waals surface area contributed by atoms with E-state index in [1.165, 1.54) is 0 Å². The van der Waals surface area contributed by atoms with Crippen LogP contribution in [0.15, 0.2) is 0 Å². The molecule has 0 nitrogen and oxygen atoms in total. The summed E-state index contributed by atoms with van der Waals surface area (Å²) in [6.45, 7) is 4.39. The Morgan fingerprint density at radius 1 is 1.14 bits per heavy atom. The van der Waals surface area contributed by atoms with Crippen LogP contribution in [0.3, 0.4) is 0 Å². The van der Waals surface area contributed by atoms with Crippen LogP contribution in [0.4, 0.5) is 0 Å². The normalized spacial score (nSPS) is 12.9. The van der Waals surface area contributed by atoms with Crippen LogP contribution in [-0.2, 0) is 0 Å². The molecule has 0 radical (unpaired) electrons. The predicted molar refractivity (Wildman–Crippen MR) is 47.6 cm³/mol. The third-order valence-electron chi connectivity index (χ3n) is 0.655. The van der Waals surface area contributed by atoms with Gasteiger partial charge in [-0.1, -0.05) is 0 Å². The summed E-state index contributed by atoms with van der Waals surface area (Å²) in [5.41, 5.74) is 0. The van der Waals surface area contributed by atoms with Crippen molar-refractivity contribution in [2.24, 2.45) is 0 Å². The van der Waals surface area contributed by atoms with E-state index in [1.807, 2.05) is 0 Å². The Morgan fingerprint density at radius 2 is 1.29 bits per heavy atom. The molecule has 0 spiro atoms. The zero-order chi connectivity index (χ0) is 6.08. The molecule has 0 aliphatic rings. The fourth-order valence-electron chi connectivity index (χ4n) is 0. The van der Waals surface area contributed by atoms with Gasteiger partial charge in [-0.15, -0.1) is 0 Å². The van der Waals surface area contributed by atoms with Crippen LogP contribution < -0.4 is 0 Å². The maximum absolute atomic E-state index is 3.56. The zero-order valence-corrected chi connectivity index (χ0v) is 11.1. The molecule has 0 atom stereocenters. The molecule has 0 aromatic rings. The van der Waals surface area contributed by atoms with E-state index in [0.29, 0.717) is 0 Å². The first kappa shape index (κ1) is 8.98. The minimum absolute atomic E-state index is 0.736. The van der Waals surface area contributed by atoms with Crippen molar-refractivity contribution < 1.29 is 0 Å². The van der Waals surface area contributed by atoms with Crippen molar-refractivity contribution in [3.05, 3.63) is 0 Å². The molecule has 0 aromatic carbocycles. The van der Waals surface area contributed by atoms with Crippen molar-refractivity contribution in [3.8, 4) is 0 Å². The predicted octanol–water partition coefficient (Wildman–Crippen LogP) is 3.52. The summed E-state index contributed by atoms with van der Waals surface area (Å²) in [5, 5.41) is 0. The second-order valence-corrected chi connectivity index (χ2v) is 42.5. The Kier molecular flexibility index (Phi) is 4.14. The molecule has 4 heteroatoms. The van der Waals surface area contributed by atoms with Crippen molar-refractivity contribution in [2.75, 3.05) is 0 Å². The molecule has 0 aliphatic heterocycles. The van der Waals surface area contributed by atoms with Gasteiger partial charge in [0.15, 0.2) is 0 Å². The van der Waals surface area contributed by atoms with Gasteiger partial charge in [-0.3, -0.25) is 0 Å². The summed E-state index contributed by atoms with van der Waals surface area (Å²) in [5.74, 6) is 0. The van der Waals surface area contributed by atoms with Gasteiger partial charge in [0.05, 0.1) is 0 Å². The summed E-state index contributed by atoms with van der Waals surface area (Å²) in [6.07, 6.45) is 0. The molecule has 0 N–H and O–H groups in total. The molecule has 0 aromatic heterocycles. The van der Waals surface area contributed by atoms with Gasteiger partial charge in [0, 0.05) is 0 Å². The standard InChI is InChI=1S/C3H7Br3Ge/c1-3(2)7(4,5)6/h3H,1-2H3. The van der Waals surface area contributed by atoms with Crippen LogP contribution in [0.5, 0.6) is 0 Å². The van der Waals surface area contributed by atoms with Crippen molar-refractivity contribution in [1.82, 2.24) is 0 Å². The second kappa shape index (κ2) is 3.23. The molecule has 0 bridgehead atoms. The van der Waals surface area contributed by atoms with Gasteiger partial charge in [-0.25, -0.2) is 0 Å². The summed E-state index contributed by atoms with van der Waals surface area (Å²) in [4.78, 5) is 0. The van der Waals surface area contributed by atoms with E-state index in [4.69, 9.17) is 0 Å². The van der Waals surface area contributed by atoms with E-state index < -0.39 is 7.74 Å². The number of rotatable bonds is 1. The van der Waals surface area contributed by atoms with Crippen LogP contribution in [0, 0.1) is 0 Å². The van der Waals surface area contributed by atoms with Gasteiger partial charge >= 0.3 is 68.4 Å². The Balaban J connectivity index is 3.54. The van der Waals surface area contributed by atoms with Crippen LogP contribution in [0.25, 0.3) is 0 Å². The maximum atomic E-state index is 3.56. The van der Waals surface area contributed by atoms with Crippen LogP contribution in [-0.4, -0.2) is 7.74 Å². The summed E-state index contributed by atoms with van der Waals surface area (Å²) in [6, 6.07) is 0. The molecule has 0 rings (SSSR count). The van der Waals surface area contributed by atoms with Gasteiger partial charge in [-0.2, -0.15) is 0 Å². The molecular formula is C3H7Br3Ge. The van der Waals surface area contributed by atoms with E-state index in [2.05, 4.69) is 55.9 Å². The van der Waals surface area contributed by atoms with Crippen molar-refractivity contribution in [3.63, 3.8) is 0 Å². The molecular weight excluding hydrogens is 348 g/mol. The number of hydrogen-bond acceptors (Lipinski definition) is 0. The monoisotopic (exact) mass is 354 g/mol. The average molecular weight is 355 g/mol. The van der Waals surface area contributed by atoms with E-state index >= 15 is 0 Å². The summed E-state index contributed by atoms with van der Waals surface area (Å²) >= 11 is 10.7. The molecule has 0 aliphatic carbocycles. The zero-order valence-electron chi connectivity index (χ0n) is 4.21. The first-order valence-corrected chi connectivity index (χ1v) is 18.0. The van der Waals surface area contributed by atoms with Crippen molar-refractivity contribution in [1.29, 1.82) is 0 Å².